The Bertz CT molecular complexity index is 1370. The second-order valence-electron chi connectivity index (χ2n) is 7.79. The van der Waals surface area contributed by atoms with Gasteiger partial charge in [0.15, 0.2) is 10.9 Å². The lowest BCUT2D eigenvalue weighted by Gasteiger charge is -2.15. The normalized spacial score (nSPS) is 12.4. The zero-order chi connectivity index (χ0) is 26.4. The molecule has 0 fully saturated rings. The van der Waals surface area contributed by atoms with E-state index in [4.69, 9.17) is 12.2 Å². The molecule has 12 heteroatoms. The fraction of sp³-hybridized carbons (Fsp3) is 0.120. The van der Waals surface area contributed by atoms with Crippen LogP contribution in [0.1, 0.15) is 24.1 Å². The second-order valence-corrected chi connectivity index (χ2v) is 9.12. The van der Waals surface area contributed by atoms with E-state index in [1.165, 1.54) is 35.3 Å². The highest BCUT2D eigenvalue weighted by Crippen LogP contribution is 2.24. The van der Waals surface area contributed by atoms with Crippen LogP contribution >= 0.6 is 28.1 Å². The Labute approximate surface area is 224 Å². The van der Waals surface area contributed by atoms with Crippen LogP contribution in [0.4, 0.5) is 13.2 Å². The van der Waals surface area contributed by atoms with Gasteiger partial charge in [-0.1, -0.05) is 52.3 Å². The summed E-state index contributed by atoms with van der Waals surface area (Å²) in [6.07, 6.45) is -1.62. The standard InChI is InChI=1S/C25H20BrF3N6OS/c1-16(18-6-8-20(26)9-7-18)32-24(37)33-31-14-17-2-4-19(5-3-17)23-30-15-35(34-23)21-10-12-22(13-11-21)36-25(27,28)29/h2-16H,1H3,(H2,32,33,37)/b31-14+. The van der Waals surface area contributed by atoms with E-state index in [0.29, 0.717) is 16.6 Å². The van der Waals surface area contributed by atoms with Gasteiger partial charge in [-0.25, -0.2) is 9.67 Å². The number of hydrazone groups is 1. The van der Waals surface area contributed by atoms with Crippen LogP contribution in [0.25, 0.3) is 17.1 Å². The van der Waals surface area contributed by atoms with E-state index < -0.39 is 6.36 Å². The quantitative estimate of drug-likeness (QED) is 0.153. The zero-order valence-corrected chi connectivity index (χ0v) is 21.7. The van der Waals surface area contributed by atoms with E-state index in [1.807, 2.05) is 55.5 Å². The molecule has 0 aliphatic heterocycles. The summed E-state index contributed by atoms with van der Waals surface area (Å²) in [7, 11) is 0. The highest BCUT2D eigenvalue weighted by molar-refractivity contribution is 9.10. The molecule has 1 heterocycles. The summed E-state index contributed by atoms with van der Waals surface area (Å²) >= 11 is 8.73. The molecule has 0 radical (unpaired) electrons. The number of hydrogen-bond acceptors (Lipinski definition) is 5. The molecule has 37 heavy (non-hydrogen) atoms. The number of thiocarbonyl (C=S) groups is 1. The third-order valence-electron chi connectivity index (χ3n) is 5.09. The van der Waals surface area contributed by atoms with Crippen LogP contribution in [0.5, 0.6) is 5.75 Å². The molecule has 3 aromatic carbocycles. The van der Waals surface area contributed by atoms with Gasteiger partial charge in [0, 0.05) is 10.0 Å². The molecule has 0 aliphatic rings. The molecule has 1 unspecified atom stereocenters. The Balaban J connectivity index is 1.32. The maximum atomic E-state index is 12.3. The number of nitrogens with one attached hydrogen (secondary N) is 2. The molecule has 0 saturated carbocycles. The van der Waals surface area contributed by atoms with Gasteiger partial charge in [0.1, 0.15) is 12.1 Å². The summed E-state index contributed by atoms with van der Waals surface area (Å²) in [5, 5.41) is 12.1. The van der Waals surface area contributed by atoms with E-state index >= 15 is 0 Å². The molecular formula is C25H20BrF3N6OS. The molecule has 4 aromatic rings. The summed E-state index contributed by atoms with van der Waals surface area (Å²) in [5.41, 5.74) is 6.04. The van der Waals surface area contributed by atoms with E-state index in [2.05, 4.69) is 46.6 Å². The van der Waals surface area contributed by atoms with Crippen molar-refractivity contribution in [3.63, 3.8) is 0 Å². The minimum absolute atomic E-state index is 0.0149. The molecule has 0 saturated heterocycles. The first-order valence-corrected chi connectivity index (χ1v) is 12.1. The van der Waals surface area contributed by atoms with Gasteiger partial charge in [0.25, 0.3) is 0 Å². The summed E-state index contributed by atoms with van der Waals surface area (Å²) in [5.74, 6) is 0.156. The first kappa shape index (κ1) is 26.3. The second kappa shape index (κ2) is 11.5. The van der Waals surface area contributed by atoms with E-state index in [-0.39, 0.29) is 11.8 Å². The molecule has 190 valence electrons. The first-order valence-electron chi connectivity index (χ1n) is 10.9. The van der Waals surface area contributed by atoms with Gasteiger partial charge in [-0.2, -0.15) is 5.10 Å². The smallest absolute Gasteiger partial charge is 0.406 e. The number of aromatic nitrogens is 3. The van der Waals surface area contributed by atoms with Crippen molar-refractivity contribution in [1.29, 1.82) is 0 Å². The van der Waals surface area contributed by atoms with Crippen molar-refractivity contribution in [3.8, 4) is 22.8 Å². The minimum atomic E-state index is -4.74. The number of ether oxygens (including phenoxy) is 1. The highest BCUT2D eigenvalue weighted by atomic mass is 79.9. The summed E-state index contributed by atoms with van der Waals surface area (Å²) in [6, 6.07) is 20.7. The fourth-order valence-corrected chi connectivity index (χ4v) is 3.76. The molecule has 4 rings (SSSR count). The average molecular weight is 589 g/mol. The monoisotopic (exact) mass is 588 g/mol. The lowest BCUT2D eigenvalue weighted by Crippen LogP contribution is -2.34. The molecule has 1 aromatic heterocycles. The first-order chi connectivity index (χ1) is 17.7. The molecule has 0 amide bonds. The van der Waals surface area contributed by atoms with Gasteiger partial charge in [-0.05, 0) is 66.7 Å². The van der Waals surface area contributed by atoms with E-state index in [9.17, 15) is 13.2 Å². The van der Waals surface area contributed by atoms with Crippen molar-refractivity contribution < 1.29 is 17.9 Å². The van der Waals surface area contributed by atoms with Crippen molar-refractivity contribution in [2.45, 2.75) is 19.3 Å². The van der Waals surface area contributed by atoms with Crippen LogP contribution in [-0.2, 0) is 0 Å². The van der Waals surface area contributed by atoms with Crippen LogP contribution in [0.2, 0.25) is 0 Å². The van der Waals surface area contributed by atoms with Gasteiger partial charge in [-0.3, -0.25) is 5.43 Å². The van der Waals surface area contributed by atoms with Crippen LogP contribution in [0.3, 0.4) is 0 Å². The van der Waals surface area contributed by atoms with Gasteiger partial charge in [0.05, 0.1) is 17.9 Å². The largest absolute Gasteiger partial charge is 0.573 e. The van der Waals surface area contributed by atoms with Crippen LogP contribution in [0, 0.1) is 0 Å². The third kappa shape index (κ3) is 7.61. The van der Waals surface area contributed by atoms with Crippen LogP contribution in [-0.4, -0.2) is 32.5 Å². The number of benzene rings is 3. The van der Waals surface area contributed by atoms with Gasteiger partial charge in [-0.15, -0.1) is 18.3 Å². The highest BCUT2D eigenvalue weighted by Gasteiger charge is 2.31. The third-order valence-corrected chi connectivity index (χ3v) is 5.83. The molecule has 0 bridgehead atoms. The Morgan fingerprint density at radius 1 is 1.05 bits per heavy atom. The Hall–Kier alpha value is -3.77. The lowest BCUT2D eigenvalue weighted by atomic mass is 10.1. The van der Waals surface area contributed by atoms with E-state index in [1.54, 1.807) is 6.21 Å². The summed E-state index contributed by atoms with van der Waals surface area (Å²) in [4.78, 5) is 4.28. The van der Waals surface area contributed by atoms with Gasteiger partial charge in [0.2, 0.25) is 0 Å². The summed E-state index contributed by atoms with van der Waals surface area (Å²) in [6.45, 7) is 2.01. The van der Waals surface area contributed by atoms with Crippen molar-refractivity contribution >= 4 is 39.5 Å². The van der Waals surface area contributed by atoms with E-state index in [0.717, 1.165) is 21.2 Å². The fourth-order valence-electron chi connectivity index (χ4n) is 3.27. The number of hydrogen-bond donors (Lipinski definition) is 2. The maximum absolute atomic E-state index is 12.3. The maximum Gasteiger partial charge on any atom is 0.573 e. The molecule has 1 atom stereocenters. The zero-order valence-electron chi connectivity index (χ0n) is 19.3. The SMILES string of the molecule is CC(NC(=S)N/N=C/c1ccc(-c2ncn(-c3ccc(OC(F)(F)F)cc3)n2)cc1)c1ccc(Br)cc1. The van der Waals surface area contributed by atoms with Crippen molar-refractivity contribution in [1.82, 2.24) is 25.5 Å². The number of rotatable bonds is 7. The van der Waals surface area contributed by atoms with Gasteiger partial charge < -0.3 is 10.1 Å². The molecule has 2 N–H and O–H groups in total. The van der Waals surface area contributed by atoms with Crippen LogP contribution < -0.4 is 15.5 Å². The Morgan fingerprint density at radius 2 is 1.73 bits per heavy atom. The molecular weight excluding hydrogens is 569 g/mol. The van der Waals surface area contributed by atoms with Crippen molar-refractivity contribution in [3.05, 3.63) is 94.7 Å². The lowest BCUT2D eigenvalue weighted by molar-refractivity contribution is -0.274. The molecule has 7 nitrogen and oxygen atoms in total. The number of nitrogens with zero attached hydrogens (tertiary/aromatic N) is 4. The predicted molar refractivity (Wildman–Crippen MR) is 142 cm³/mol. The predicted octanol–water partition coefficient (Wildman–Crippen LogP) is 6.15. The van der Waals surface area contributed by atoms with Crippen LogP contribution in [0.15, 0.2) is 88.7 Å². The topological polar surface area (TPSA) is 76.4 Å². The average Bonchev–Trinajstić information content (AvgIpc) is 3.35. The van der Waals surface area contributed by atoms with Crippen molar-refractivity contribution in [2.75, 3.05) is 0 Å². The number of alkyl halides is 3. The summed E-state index contributed by atoms with van der Waals surface area (Å²) < 4.78 is 43.4. The number of halogens is 4. The van der Waals surface area contributed by atoms with Gasteiger partial charge >= 0.3 is 6.36 Å². The molecule has 0 spiro atoms. The Morgan fingerprint density at radius 3 is 2.38 bits per heavy atom. The molecule has 0 aliphatic carbocycles. The van der Waals surface area contributed by atoms with Crippen molar-refractivity contribution in [2.24, 2.45) is 5.10 Å². The minimum Gasteiger partial charge on any atom is -0.406 e. The Kier molecular flexibility index (Phi) is 8.19.